The molecule has 0 aromatic heterocycles. The summed E-state index contributed by atoms with van der Waals surface area (Å²) in [5.41, 5.74) is 2.08. The molecular weight excluding hydrogens is 522 g/mol. The van der Waals surface area contributed by atoms with Crippen LogP contribution < -0.4 is 0 Å². The van der Waals surface area contributed by atoms with Gasteiger partial charge in [-0.1, -0.05) is 91.0 Å². The first kappa shape index (κ1) is 30.7. The van der Waals surface area contributed by atoms with Gasteiger partial charge < -0.3 is 29.2 Å². The van der Waals surface area contributed by atoms with Gasteiger partial charge in [-0.05, 0) is 37.5 Å². The van der Waals surface area contributed by atoms with Crippen molar-refractivity contribution in [2.24, 2.45) is 0 Å². The van der Waals surface area contributed by atoms with Gasteiger partial charge in [-0.3, -0.25) is 4.90 Å². The topological polar surface area (TPSA) is 97.7 Å². The molecule has 5 atom stereocenters. The number of nitrogens with zero attached hydrogens (tertiary/aromatic N) is 1. The van der Waals surface area contributed by atoms with Gasteiger partial charge in [0.2, 0.25) is 0 Å². The van der Waals surface area contributed by atoms with Gasteiger partial charge in [0.25, 0.3) is 0 Å². The van der Waals surface area contributed by atoms with Crippen LogP contribution >= 0.6 is 0 Å². The van der Waals surface area contributed by atoms with Crippen LogP contribution in [0.3, 0.4) is 0 Å². The number of carbonyl (C=O) groups excluding carboxylic acids is 1. The maximum absolute atomic E-state index is 13.7. The van der Waals surface area contributed by atoms with E-state index in [0.717, 1.165) is 16.7 Å². The van der Waals surface area contributed by atoms with Gasteiger partial charge in [0.1, 0.15) is 23.9 Å². The summed E-state index contributed by atoms with van der Waals surface area (Å²) in [5, 5.41) is 21.2. The second-order valence-corrected chi connectivity index (χ2v) is 11.2. The van der Waals surface area contributed by atoms with Crippen LogP contribution in [0.25, 0.3) is 0 Å². The molecule has 8 heteroatoms. The number of ether oxygens (including phenoxy) is 4. The molecule has 4 rings (SSSR count). The minimum Gasteiger partial charge on any atom is -0.444 e. The van der Waals surface area contributed by atoms with E-state index in [1.807, 2.05) is 91.0 Å². The van der Waals surface area contributed by atoms with Gasteiger partial charge in [0, 0.05) is 0 Å². The number of rotatable bonds is 12. The van der Waals surface area contributed by atoms with Gasteiger partial charge in [-0.2, -0.15) is 0 Å². The highest BCUT2D eigenvalue weighted by Gasteiger charge is 2.56. The summed E-state index contributed by atoms with van der Waals surface area (Å²) in [6.07, 6.45) is -3.40. The Bertz CT molecular complexity index is 1190. The summed E-state index contributed by atoms with van der Waals surface area (Å²) < 4.78 is 24.9. The molecule has 220 valence electrons. The lowest BCUT2D eigenvalue weighted by atomic mass is 10.0. The first-order chi connectivity index (χ1) is 19.8. The Labute approximate surface area is 242 Å². The molecule has 3 aromatic carbocycles. The second-order valence-electron chi connectivity index (χ2n) is 11.2. The number of aliphatic hydroxyl groups is 2. The quantitative estimate of drug-likeness (QED) is 0.329. The zero-order valence-electron chi connectivity index (χ0n) is 24.0. The number of benzene rings is 3. The van der Waals surface area contributed by atoms with Gasteiger partial charge in [0.05, 0.1) is 45.1 Å². The molecule has 1 fully saturated rings. The summed E-state index contributed by atoms with van der Waals surface area (Å²) in [7, 11) is 0. The monoisotopic (exact) mass is 563 g/mol. The van der Waals surface area contributed by atoms with E-state index in [0.29, 0.717) is 6.61 Å². The van der Waals surface area contributed by atoms with E-state index in [1.54, 1.807) is 20.8 Å². The van der Waals surface area contributed by atoms with Gasteiger partial charge in [-0.25, -0.2) is 4.79 Å². The fraction of sp³-hybridized carbons (Fsp3) is 0.424. The highest BCUT2D eigenvalue weighted by atomic mass is 16.6. The van der Waals surface area contributed by atoms with Crippen molar-refractivity contribution in [3.05, 3.63) is 108 Å². The van der Waals surface area contributed by atoms with Gasteiger partial charge >= 0.3 is 6.09 Å². The molecule has 0 bridgehead atoms. The van der Waals surface area contributed by atoms with E-state index in [1.165, 1.54) is 4.90 Å². The number of likely N-dealkylation sites (tertiary alicyclic amines) is 1. The fourth-order valence-corrected chi connectivity index (χ4v) is 5.01. The largest absolute Gasteiger partial charge is 0.444 e. The predicted molar refractivity (Wildman–Crippen MR) is 155 cm³/mol. The van der Waals surface area contributed by atoms with Crippen molar-refractivity contribution in [3.8, 4) is 0 Å². The number of hydrogen-bond acceptors (Lipinski definition) is 7. The van der Waals surface area contributed by atoms with Crippen molar-refractivity contribution >= 4 is 6.09 Å². The Kier molecular flexibility index (Phi) is 10.9. The summed E-state index contributed by atoms with van der Waals surface area (Å²) >= 11 is 0. The highest BCUT2D eigenvalue weighted by molar-refractivity contribution is 5.70. The number of hydrogen-bond donors (Lipinski definition) is 2. The first-order valence-corrected chi connectivity index (χ1v) is 14.0. The molecule has 2 N–H and O–H groups in total. The molecule has 1 heterocycles. The number of aliphatic hydroxyl groups excluding tert-OH is 2. The Morgan fingerprint density at radius 2 is 1.24 bits per heavy atom. The molecule has 1 amide bonds. The van der Waals surface area contributed by atoms with Crippen LogP contribution in [0.15, 0.2) is 91.0 Å². The Morgan fingerprint density at radius 1 is 0.780 bits per heavy atom. The minimum atomic E-state index is -1.30. The highest BCUT2D eigenvalue weighted by Crippen LogP contribution is 2.35. The van der Waals surface area contributed by atoms with E-state index in [9.17, 15) is 15.0 Å². The number of carbonyl (C=O) groups is 1. The molecule has 0 spiro atoms. The normalized spacial score (nSPS) is 21.5. The predicted octanol–water partition coefficient (Wildman–Crippen LogP) is 4.72. The lowest BCUT2D eigenvalue weighted by Gasteiger charge is -2.34. The molecular formula is C33H41NO7. The zero-order valence-corrected chi connectivity index (χ0v) is 24.0. The maximum Gasteiger partial charge on any atom is 0.411 e. The molecule has 8 nitrogen and oxygen atoms in total. The summed E-state index contributed by atoms with van der Waals surface area (Å²) in [5.74, 6) is 0. The van der Waals surface area contributed by atoms with Crippen molar-refractivity contribution in [3.63, 3.8) is 0 Å². The van der Waals surface area contributed by atoms with Crippen LogP contribution in [0.4, 0.5) is 4.79 Å². The molecule has 0 aliphatic carbocycles. The minimum absolute atomic E-state index is 0.105. The molecule has 3 aromatic rings. The van der Waals surface area contributed by atoms with E-state index < -0.39 is 48.7 Å². The molecule has 1 aliphatic heterocycles. The van der Waals surface area contributed by atoms with E-state index in [4.69, 9.17) is 18.9 Å². The van der Waals surface area contributed by atoms with Crippen LogP contribution in [0.1, 0.15) is 37.5 Å². The van der Waals surface area contributed by atoms with E-state index in [-0.39, 0.29) is 19.8 Å². The van der Waals surface area contributed by atoms with Crippen molar-refractivity contribution in [2.45, 2.75) is 76.6 Å². The third-order valence-corrected chi connectivity index (χ3v) is 6.87. The van der Waals surface area contributed by atoms with Crippen LogP contribution in [-0.4, -0.2) is 70.4 Å². The third kappa shape index (κ3) is 8.61. The molecule has 0 radical (unpaired) electrons. The van der Waals surface area contributed by atoms with Crippen LogP contribution in [0.5, 0.6) is 0 Å². The average Bonchev–Trinajstić information content (AvgIpc) is 3.28. The molecule has 1 aliphatic rings. The van der Waals surface area contributed by atoms with Crippen molar-refractivity contribution < 1.29 is 34.0 Å². The molecule has 41 heavy (non-hydrogen) atoms. The maximum atomic E-state index is 13.7. The van der Waals surface area contributed by atoms with Gasteiger partial charge in [-0.15, -0.1) is 0 Å². The smallest absolute Gasteiger partial charge is 0.411 e. The molecule has 0 unspecified atom stereocenters. The second kappa shape index (κ2) is 14.6. The summed E-state index contributed by atoms with van der Waals surface area (Å²) in [6, 6.07) is 27.5. The lowest BCUT2D eigenvalue weighted by Crippen LogP contribution is -2.53. The third-order valence-electron chi connectivity index (χ3n) is 6.87. The fourth-order valence-electron chi connectivity index (χ4n) is 5.01. The number of amides is 1. The molecule has 1 saturated heterocycles. The van der Waals surface area contributed by atoms with Crippen LogP contribution in [0, 0.1) is 0 Å². The van der Waals surface area contributed by atoms with Crippen molar-refractivity contribution in [2.75, 3.05) is 13.2 Å². The van der Waals surface area contributed by atoms with Crippen LogP contribution in [-0.2, 0) is 38.8 Å². The Balaban J connectivity index is 1.67. The van der Waals surface area contributed by atoms with Crippen molar-refractivity contribution in [1.29, 1.82) is 0 Å². The summed E-state index contributed by atoms with van der Waals surface area (Å²) in [6.45, 7) is 5.70. The van der Waals surface area contributed by atoms with Crippen LogP contribution in [0.2, 0.25) is 0 Å². The van der Waals surface area contributed by atoms with E-state index >= 15 is 0 Å². The average molecular weight is 564 g/mol. The summed E-state index contributed by atoms with van der Waals surface area (Å²) in [4.78, 5) is 15.2. The zero-order chi connectivity index (χ0) is 29.2. The first-order valence-electron chi connectivity index (χ1n) is 14.0. The SMILES string of the molecule is CC(C)(C)OC(=O)N1[C@H]([C@H](O)CO)[C@@H](OCc2ccccc2)[C@H](OCc2ccccc2)[C@H]1COCc1ccccc1. The molecule has 0 saturated carbocycles. The van der Waals surface area contributed by atoms with E-state index in [2.05, 4.69) is 0 Å². The standard InChI is InChI=1S/C33H41NO7/c1-33(2,3)41-32(37)34-27(23-38-20-24-13-7-4-8-14-24)30(39-21-25-15-9-5-10-16-25)31(29(34)28(36)19-35)40-22-26-17-11-6-12-18-26/h4-18,27-31,35-36H,19-23H2,1-3H3/t27-,28-,29-,30-,31-/m1/s1. The Morgan fingerprint density at radius 3 is 1.71 bits per heavy atom. The lowest BCUT2D eigenvalue weighted by molar-refractivity contribution is -0.0983. The van der Waals surface area contributed by atoms with Gasteiger partial charge in [0.15, 0.2) is 0 Å². The van der Waals surface area contributed by atoms with Crippen molar-refractivity contribution in [1.82, 2.24) is 4.90 Å². The Hall–Kier alpha value is -3.27.